The molecule has 0 aromatic carbocycles. The summed E-state index contributed by atoms with van der Waals surface area (Å²) in [6.45, 7) is 3.29. The zero-order chi connectivity index (χ0) is 13.0. The molecule has 5 nitrogen and oxygen atoms in total. The van der Waals surface area contributed by atoms with Gasteiger partial charge in [0, 0.05) is 25.7 Å². The first-order valence-corrected chi connectivity index (χ1v) is 6.43. The summed E-state index contributed by atoms with van der Waals surface area (Å²) in [6.07, 6.45) is 3.08. The Morgan fingerprint density at radius 1 is 1.61 bits per heavy atom. The Morgan fingerprint density at radius 3 is 3.22 bits per heavy atom. The molecule has 0 atom stereocenters. The summed E-state index contributed by atoms with van der Waals surface area (Å²) in [5, 5.41) is 2.85. The minimum Gasteiger partial charge on any atom is -0.356 e. The summed E-state index contributed by atoms with van der Waals surface area (Å²) in [5.41, 5.74) is 1.70. The molecule has 96 valence electrons. The molecule has 0 unspecified atom stereocenters. The molecular weight excluding hydrogens is 248 g/mol. The zero-order valence-corrected chi connectivity index (χ0v) is 11.1. The first-order chi connectivity index (χ1) is 8.72. The Bertz CT molecular complexity index is 601. The summed E-state index contributed by atoms with van der Waals surface area (Å²) < 4.78 is 2.46. The fourth-order valence-electron chi connectivity index (χ4n) is 1.76. The van der Waals surface area contributed by atoms with Crippen LogP contribution >= 0.6 is 12.2 Å². The molecule has 0 radical (unpaired) electrons. The Kier molecular flexibility index (Phi) is 4.09. The minimum absolute atomic E-state index is 0.0454. The largest absolute Gasteiger partial charge is 0.356 e. The van der Waals surface area contributed by atoms with Crippen LogP contribution in [0, 0.1) is 4.77 Å². The van der Waals surface area contributed by atoms with Crippen LogP contribution in [0.2, 0.25) is 0 Å². The average molecular weight is 264 g/mol. The van der Waals surface area contributed by atoms with Crippen LogP contribution in [0.1, 0.15) is 19.8 Å². The highest BCUT2D eigenvalue weighted by molar-refractivity contribution is 7.71. The lowest BCUT2D eigenvalue weighted by Crippen LogP contribution is -2.25. The van der Waals surface area contributed by atoms with Gasteiger partial charge in [-0.15, -0.1) is 0 Å². The molecule has 1 amide bonds. The molecule has 2 N–H and O–H groups in total. The van der Waals surface area contributed by atoms with Crippen molar-refractivity contribution in [2.45, 2.75) is 26.3 Å². The lowest BCUT2D eigenvalue weighted by molar-refractivity contribution is -0.121. The SMILES string of the molecule is CCCNC(=O)CCn1c(=S)[nH]c2cccnc21. The molecule has 0 fully saturated rings. The van der Waals surface area contributed by atoms with Crippen molar-refractivity contribution in [2.24, 2.45) is 0 Å². The molecule has 2 aromatic heterocycles. The number of H-pyrrole nitrogens is 1. The van der Waals surface area contributed by atoms with E-state index in [1.807, 2.05) is 23.6 Å². The monoisotopic (exact) mass is 264 g/mol. The molecule has 0 aliphatic heterocycles. The van der Waals surface area contributed by atoms with Gasteiger partial charge in [0.2, 0.25) is 5.91 Å². The van der Waals surface area contributed by atoms with Crippen LogP contribution in [0.4, 0.5) is 0 Å². The lowest BCUT2D eigenvalue weighted by atomic mass is 10.3. The summed E-state index contributed by atoms with van der Waals surface area (Å²) >= 11 is 5.23. The maximum Gasteiger partial charge on any atom is 0.221 e. The number of aryl methyl sites for hydroxylation is 1. The number of carbonyl (C=O) groups is 1. The van der Waals surface area contributed by atoms with E-state index in [0.717, 1.165) is 24.1 Å². The van der Waals surface area contributed by atoms with E-state index in [-0.39, 0.29) is 5.91 Å². The number of carbonyl (C=O) groups excluding carboxylic acids is 1. The van der Waals surface area contributed by atoms with Gasteiger partial charge >= 0.3 is 0 Å². The van der Waals surface area contributed by atoms with Gasteiger partial charge in [-0.3, -0.25) is 4.79 Å². The first kappa shape index (κ1) is 12.8. The predicted octanol–water partition coefficient (Wildman–Crippen LogP) is 2.01. The quantitative estimate of drug-likeness (QED) is 0.812. The molecule has 0 aliphatic carbocycles. The zero-order valence-electron chi connectivity index (χ0n) is 10.3. The normalized spacial score (nSPS) is 10.7. The van der Waals surface area contributed by atoms with Gasteiger partial charge in [0.15, 0.2) is 10.4 Å². The lowest BCUT2D eigenvalue weighted by Gasteiger charge is -2.04. The van der Waals surface area contributed by atoms with E-state index in [4.69, 9.17) is 12.2 Å². The topological polar surface area (TPSA) is 62.7 Å². The summed E-state index contributed by atoms with van der Waals surface area (Å²) in [4.78, 5) is 18.9. The van der Waals surface area contributed by atoms with Crippen molar-refractivity contribution in [3.8, 4) is 0 Å². The first-order valence-electron chi connectivity index (χ1n) is 6.02. The van der Waals surface area contributed by atoms with Crippen molar-refractivity contribution >= 4 is 29.3 Å². The molecule has 6 heteroatoms. The number of aromatic amines is 1. The molecule has 0 bridgehead atoms. The van der Waals surface area contributed by atoms with Crippen molar-refractivity contribution in [3.63, 3.8) is 0 Å². The van der Waals surface area contributed by atoms with Gasteiger partial charge in [-0.1, -0.05) is 6.92 Å². The minimum atomic E-state index is 0.0454. The highest BCUT2D eigenvalue weighted by Gasteiger charge is 2.07. The highest BCUT2D eigenvalue weighted by Crippen LogP contribution is 2.10. The summed E-state index contributed by atoms with van der Waals surface area (Å²) in [6, 6.07) is 3.78. The van der Waals surface area contributed by atoms with Crippen molar-refractivity contribution in [2.75, 3.05) is 6.54 Å². The number of aromatic nitrogens is 3. The van der Waals surface area contributed by atoms with E-state index in [1.165, 1.54) is 0 Å². The molecular formula is C12H16N4OS. The van der Waals surface area contributed by atoms with Gasteiger partial charge in [-0.25, -0.2) is 4.98 Å². The maximum atomic E-state index is 11.6. The second-order valence-electron chi connectivity index (χ2n) is 4.06. The molecule has 2 aromatic rings. The van der Waals surface area contributed by atoms with Crippen LogP contribution in [0.3, 0.4) is 0 Å². The number of rotatable bonds is 5. The number of fused-ring (bicyclic) bond motifs is 1. The van der Waals surface area contributed by atoms with Crippen LogP contribution < -0.4 is 5.32 Å². The van der Waals surface area contributed by atoms with Gasteiger partial charge in [-0.05, 0) is 30.8 Å². The van der Waals surface area contributed by atoms with E-state index in [0.29, 0.717) is 17.7 Å². The van der Waals surface area contributed by atoms with Crippen LogP contribution in [0.25, 0.3) is 11.2 Å². The highest BCUT2D eigenvalue weighted by atomic mass is 32.1. The summed E-state index contributed by atoms with van der Waals surface area (Å²) in [7, 11) is 0. The Hall–Kier alpha value is -1.69. The van der Waals surface area contributed by atoms with Gasteiger partial charge in [0.05, 0.1) is 5.52 Å². The molecule has 0 saturated carbocycles. The number of imidazole rings is 1. The molecule has 18 heavy (non-hydrogen) atoms. The van der Waals surface area contributed by atoms with Crippen molar-refractivity contribution in [1.82, 2.24) is 19.9 Å². The molecule has 0 spiro atoms. The van der Waals surface area contributed by atoms with Gasteiger partial charge in [0.25, 0.3) is 0 Å². The Labute approximate surface area is 110 Å². The number of nitrogens with zero attached hydrogens (tertiary/aromatic N) is 2. The van der Waals surface area contributed by atoms with Crippen molar-refractivity contribution in [1.29, 1.82) is 0 Å². The standard InChI is InChI=1S/C12H16N4OS/c1-2-6-13-10(17)5-8-16-11-9(15-12(16)18)4-3-7-14-11/h3-4,7H,2,5-6,8H2,1H3,(H,13,17)(H,15,18). The van der Waals surface area contributed by atoms with Gasteiger partial charge < -0.3 is 14.9 Å². The van der Waals surface area contributed by atoms with Crippen LogP contribution in [-0.2, 0) is 11.3 Å². The van der Waals surface area contributed by atoms with Gasteiger partial charge in [-0.2, -0.15) is 0 Å². The third-order valence-corrected chi connectivity index (χ3v) is 2.99. The smallest absolute Gasteiger partial charge is 0.221 e. The van der Waals surface area contributed by atoms with E-state index in [1.54, 1.807) is 6.20 Å². The second-order valence-corrected chi connectivity index (χ2v) is 4.44. The van der Waals surface area contributed by atoms with E-state index in [2.05, 4.69) is 15.3 Å². The maximum absolute atomic E-state index is 11.6. The van der Waals surface area contributed by atoms with Crippen LogP contribution in [0.15, 0.2) is 18.3 Å². The van der Waals surface area contributed by atoms with Crippen molar-refractivity contribution < 1.29 is 4.79 Å². The van der Waals surface area contributed by atoms with E-state index < -0.39 is 0 Å². The predicted molar refractivity (Wildman–Crippen MR) is 72.8 cm³/mol. The van der Waals surface area contributed by atoms with Crippen molar-refractivity contribution in [3.05, 3.63) is 23.1 Å². The van der Waals surface area contributed by atoms with E-state index >= 15 is 0 Å². The van der Waals surface area contributed by atoms with Gasteiger partial charge in [0.1, 0.15) is 0 Å². The number of nitrogens with one attached hydrogen (secondary N) is 2. The fraction of sp³-hybridized carbons (Fsp3) is 0.417. The number of amides is 1. The fourth-order valence-corrected chi connectivity index (χ4v) is 2.05. The van der Waals surface area contributed by atoms with Crippen LogP contribution in [-0.4, -0.2) is 27.0 Å². The molecule has 0 aliphatic rings. The Balaban J connectivity index is 2.10. The third kappa shape index (κ3) is 2.76. The molecule has 0 saturated heterocycles. The molecule has 2 heterocycles. The summed E-state index contributed by atoms with van der Waals surface area (Å²) in [5.74, 6) is 0.0454. The Morgan fingerprint density at radius 2 is 2.44 bits per heavy atom. The number of hydrogen-bond donors (Lipinski definition) is 2. The number of pyridine rings is 1. The number of hydrogen-bond acceptors (Lipinski definition) is 3. The third-order valence-electron chi connectivity index (χ3n) is 2.66. The molecule has 2 rings (SSSR count). The van der Waals surface area contributed by atoms with Crippen LogP contribution in [0.5, 0.6) is 0 Å². The van der Waals surface area contributed by atoms with E-state index in [9.17, 15) is 4.79 Å². The second kappa shape index (κ2) is 5.77. The average Bonchev–Trinajstić information content (AvgIpc) is 2.69.